The minimum absolute atomic E-state index is 0.195. The highest BCUT2D eigenvalue weighted by Gasteiger charge is 2.21. The number of nitriles is 1. The van der Waals surface area contributed by atoms with Crippen LogP contribution in [0.15, 0.2) is 11.1 Å². The first-order valence-corrected chi connectivity index (χ1v) is 9.94. The van der Waals surface area contributed by atoms with Crippen molar-refractivity contribution in [1.29, 1.82) is 5.26 Å². The number of nitrogens with one attached hydrogen (secondary N) is 1. The van der Waals surface area contributed by atoms with Gasteiger partial charge in [0, 0.05) is 12.3 Å². The lowest BCUT2D eigenvalue weighted by Gasteiger charge is -2.09. The Morgan fingerprint density at radius 2 is 2.19 bits per heavy atom. The number of thioether (sulfide) groups is 1. The minimum atomic E-state index is -2.73. The summed E-state index contributed by atoms with van der Waals surface area (Å²) in [6.45, 7) is 6.07. The monoisotopic (exact) mass is 412 g/mol. The predicted molar refractivity (Wildman–Crippen MR) is 100 cm³/mol. The van der Waals surface area contributed by atoms with Crippen LogP contribution >= 0.6 is 23.1 Å². The van der Waals surface area contributed by atoms with Crippen LogP contribution in [0.3, 0.4) is 0 Å². The molecule has 27 heavy (non-hydrogen) atoms. The number of pyridine rings is 1. The Morgan fingerprint density at radius 1 is 1.44 bits per heavy atom. The van der Waals surface area contributed by atoms with E-state index in [4.69, 9.17) is 4.74 Å². The van der Waals surface area contributed by atoms with Crippen molar-refractivity contribution in [3.05, 3.63) is 33.5 Å². The summed E-state index contributed by atoms with van der Waals surface area (Å²) in [7, 11) is 0. The van der Waals surface area contributed by atoms with E-state index in [1.165, 1.54) is 17.4 Å². The third kappa shape index (κ3) is 5.14. The average molecular weight is 412 g/mol. The number of aromatic nitrogens is 2. The summed E-state index contributed by atoms with van der Waals surface area (Å²) in [4.78, 5) is 20.8. The van der Waals surface area contributed by atoms with Gasteiger partial charge in [-0.2, -0.15) is 5.26 Å². The van der Waals surface area contributed by atoms with Crippen LogP contribution in [-0.2, 0) is 10.5 Å². The molecule has 2 aromatic rings. The molecule has 2 rings (SSSR count). The van der Waals surface area contributed by atoms with Crippen molar-refractivity contribution in [2.45, 2.75) is 38.0 Å². The highest BCUT2D eigenvalue weighted by atomic mass is 32.2. The molecule has 0 amide bonds. The second-order valence-corrected chi connectivity index (χ2v) is 7.25. The molecule has 0 atom stereocenters. The second-order valence-electron chi connectivity index (χ2n) is 5.29. The molecule has 0 radical (unpaired) electrons. The summed E-state index contributed by atoms with van der Waals surface area (Å²) in [6, 6.07) is 3.21. The van der Waals surface area contributed by atoms with Crippen LogP contribution < -0.4 is 5.32 Å². The van der Waals surface area contributed by atoms with Gasteiger partial charge < -0.3 is 10.1 Å². The van der Waals surface area contributed by atoms with Gasteiger partial charge in [-0.25, -0.2) is 23.5 Å². The number of rotatable bonds is 8. The fraction of sp³-hybridized carbons (Fsp3) is 0.412. The molecule has 0 saturated heterocycles. The molecule has 0 aliphatic heterocycles. The number of anilines is 1. The standard InChI is InChI=1S/C17H18F2N4O2S2/c1-4-21-17-23-12(13(27-17)16(24)25-5-2)8-26-15-10(7-20)9(3)6-11(22-15)14(18)19/h6,14H,4-5,8H2,1-3H3,(H,21,23). The highest BCUT2D eigenvalue weighted by molar-refractivity contribution is 7.98. The van der Waals surface area contributed by atoms with Crippen molar-refractivity contribution in [1.82, 2.24) is 9.97 Å². The largest absolute Gasteiger partial charge is 0.462 e. The van der Waals surface area contributed by atoms with E-state index in [0.29, 0.717) is 27.8 Å². The van der Waals surface area contributed by atoms with Gasteiger partial charge in [0.2, 0.25) is 0 Å². The number of carbonyl (C=O) groups excluding carboxylic acids is 1. The van der Waals surface area contributed by atoms with Gasteiger partial charge in [0.25, 0.3) is 6.43 Å². The molecule has 2 heterocycles. The van der Waals surface area contributed by atoms with Crippen LogP contribution in [0.25, 0.3) is 0 Å². The fourth-order valence-corrected chi connectivity index (χ4v) is 4.23. The first-order valence-electron chi connectivity index (χ1n) is 8.14. The summed E-state index contributed by atoms with van der Waals surface area (Å²) in [5.74, 6) is -0.287. The van der Waals surface area contributed by atoms with Gasteiger partial charge in [-0.3, -0.25) is 0 Å². The quantitative estimate of drug-likeness (QED) is 0.502. The van der Waals surface area contributed by atoms with Crippen LogP contribution in [0.4, 0.5) is 13.9 Å². The van der Waals surface area contributed by atoms with Crippen molar-refractivity contribution in [3.8, 4) is 6.07 Å². The third-order valence-corrected chi connectivity index (χ3v) is 5.39. The van der Waals surface area contributed by atoms with Gasteiger partial charge in [0.1, 0.15) is 21.7 Å². The zero-order chi connectivity index (χ0) is 20.0. The van der Waals surface area contributed by atoms with E-state index in [1.54, 1.807) is 13.8 Å². The molecule has 0 unspecified atom stereocenters. The highest BCUT2D eigenvalue weighted by Crippen LogP contribution is 2.32. The van der Waals surface area contributed by atoms with Crippen LogP contribution in [0.5, 0.6) is 0 Å². The van der Waals surface area contributed by atoms with Crippen LogP contribution in [0.1, 0.15) is 52.5 Å². The number of aryl methyl sites for hydroxylation is 1. The van der Waals surface area contributed by atoms with E-state index in [1.807, 2.05) is 13.0 Å². The maximum Gasteiger partial charge on any atom is 0.350 e. The van der Waals surface area contributed by atoms with Gasteiger partial charge in [0.15, 0.2) is 5.13 Å². The van der Waals surface area contributed by atoms with E-state index in [0.717, 1.165) is 11.8 Å². The van der Waals surface area contributed by atoms with Crippen molar-refractivity contribution in [3.63, 3.8) is 0 Å². The zero-order valence-corrected chi connectivity index (χ0v) is 16.6. The number of hydrogen-bond donors (Lipinski definition) is 1. The van der Waals surface area contributed by atoms with Gasteiger partial charge in [-0.1, -0.05) is 23.1 Å². The van der Waals surface area contributed by atoms with Crippen LogP contribution in [0, 0.1) is 18.3 Å². The molecule has 2 aromatic heterocycles. The van der Waals surface area contributed by atoms with E-state index in [9.17, 15) is 18.8 Å². The molecule has 144 valence electrons. The normalized spacial score (nSPS) is 10.7. The van der Waals surface area contributed by atoms with E-state index in [2.05, 4.69) is 15.3 Å². The number of thiazole rings is 1. The number of ether oxygens (including phenoxy) is 1. The zero-order valence-electron chi connectivity index (χ0n) is 15.0. The molecule has 0 spiro atoms. The van der Waals surface area contributed by atoms with E-state index >= 15 is 0 Å². The number of esters is 1. The molecule has 1 N–H and O–H groups in total. The van der Waals surface area contributed by atoms with Crippen molar-refractivity contribution >= 4 is 34.2 Å². The van der Waals surface area contributed by atoms with Gasteiger partial charge >= 0.3 is 5.97 Å². The predicted octanol–water partition coefficient (Wildman–Crippen LogP) is 4.56. The molecular weight excluding hydrogens is 394 g/mol. The lowest BCUT2D eigenvalue weighted by Crippen LogP contribution is -2.05. The third-order valence-electron chi connectivity index (χ3n) is 3.37. The first kappa shape index (κ1) is 21.1. The molecule has 0 saturated carbocycles. The van der Waals surface area contributed by atoms with E-state index in [-0.39, 0.29) is 28.6 Å². The topological polar surface area (TPSA) is 87.9 Å². The van der Waals surface area contributed by atoms with Crippen molar-refractivity contribution in [2.75, 3.05) is 18.5 Å². The first-order chi connectivity index (χ1) is 12.9. The Bertz CT molecular complexity index is 865. The molecular formula is C17H18F2N4O2S2. The molecule has 0 aromatic carbocycles. The molecule has 0 aliphatic rings. The minimum Gasteiger partial charge on any atom is -0.462 e. The maximum atomic E-state index is 13.0. The number of nitrogens with zero attached hydrogens (tertiary/aromatic N) is 3. The number of halogens is 2. The van der Waals surface area contributed by atoms with Crippen LogP contribution in [0.2, 0.25) is 0 Å². The Morgan fingerprint density at radius 3 is 2.78 bits per heavy atom. The summed E-state index contributed by atoms with van der Waals surface area (Å²) in [6.07, 6.45) is -2.73. The Balaban J connectivity index is 2.33. The van der Waals surface area contributed by atoms with Gasteiger partial charge in [-0.05, 0) is 32.4 Å². The fourth-order valence-electron chi connectivity index (χ4n) is 2.19. The van der Waals surface area contributed by atoms with Gasteiger partial charge in [0.05, 0.1) is 17.9 Å². The van der Waals surface area contributed by atoms with E-state index < -0.39 is 12.4 Å². The Hall–Kier alpha value is -2.25. The lowest BCUT2D eigenvalue weighted by molar-refractivity contribution is 0.0531. The maximum absolute atomic E-state index is 13.0. The molecule has 6 nitrogen and oxygen atoms in total. The van der Waals surface area contributed by atoms with Crippen LogP contribution in [-0.4, -0.2) is 29.1 Å². The molecule has 0 aliphatic carbocycles. The van der Waals surface area contributed by atoms with Crippen molar-refractivity contribution in [2.24, 2.45) is 0 Å². The lowest BCUT2D eigenvalue weighted by atomic mass is 10.1. The Labute approximate surface area is 164 Å². The average Bonchev–Trinajstić information content (AvgIpc) is 3.03. The molecule has 0 bridgehead atoms. The number of alkyl halides is 2. The second kappa shape index (κ2) is 9.62. The number of hydrogen-bond acceptors (Lipinski definition) is 8. The summed E-state index contributed by atoms with van der Waals surface area (Å²) < 4.78 is 31.1. The van der Waals surface area contributed by atoms with Gasteiger partial charge in [-0.15, -0.1) is 0 Å². The summed E-state index contributed by atoms with van der Waals surface area (Å²) in [5, 5.41) is 13.1. The smallest absolute Gasteiger partial charge is 0.350 e. The van der Waals surface area contributed by atoms with Crippen molar-refractivity contribution < 1.29 is 18.3 Å². The molecule has 10 heteroatoms. The summed E-state index contributed by atoms with van der Waals surface area (Å²) in [5.41, 5.74) is 0.753. The SMILES string of the molecule is CCNc1nc(CSc2nc(C(F)F)cc(C)c2C#N)c(C(=O)OCC)s1. The molecule has 0 fully saturated rings. The number of carbonyl (C=O) groups is 1. The summed E-state index contributed by atoms with van der Waals surface area (Å²) >= 11 is 2.27. The Kier molecular flexibility index (Phi) is 7.50.